The van der Waals surface area contributed by atoms with Crippen LogP contribution in [0.3, 0.4) is 0 Å². The zero-order valence-electron chi connectivity index (χ0n) is 17.3. The van der Waals surface area contributed by atoms with E-state index in [0.29, 0.717) is 28.3 Å². The number of para-hydroxylation sites is 1. The van der Waals surface area contributed by atoms with Gasteiger partial charge in [0.2, 0.25) is 11.9 Å². The molecule has 3 rings (SSSR count). The molecule has 8 heteroatoms. The number of nitrogens with two attached hydrogens (primary N) is 1. The fourth-order valence-electron chi connectivity index (χ4n) is 3.25. The van der Waals surface area contributed by atoms with Gasteiger partial charge in [0.15, 0.2) is 5.16 Å². The number of halogens is 1. The van der Waals surface area contributed by atoms with Crippen LogP contribution in [0.15, 0.2) is 53.7 Å². The summed E-state index contributed by atoms with van der Waals surface area (Å²) in [6.07, 6.45) is 0.553. The van der Waals surface area contributed by atoms with Gasteiger partial charge in [-0.3, -0.25) is 9.36 Å². The summed E-state index contributed by atoms with van der Waals surface area (Å²) in [6.45, 7) is 6.15. The first-order chi connectivity index (χ1) is 14.4. The highest BCUT2D eigenvalue weighted by Gasteiger charge is 2.25. The van der Waals surface area contributed by atoms with Gasteiger partial charge in [-0.25, -0.2) is 0 Å². The molecule has 6 nitrogen and oxygen atoms in total. The molecule has 0 saturated heterocycles. The standard InChI is InChI=1S/C22H26ClN5OS/c1-4-19(20(29)25-18-12-8-6-10-16(18)14(2)3)28-21(24)26-27-22(28)30-13-15-9-5-7-11-17(15)23/h5-12,14,19H,4,13H2,1-3H3,(H2,24,26)(H,25,29). The maximum Gasteiger partial charge on any atom is 0.247 e. The lowest BCUT2D eigenvalue weighted by molar-refractivity contribution is -0.119. The van der Waals surface area contributed by atoms with Crippen LogP contribution >= 0.6 is 23.4 Å². The average molecular weight is 444 g/mol. The highest BCUT2D eigenvalue weighted by molar-refractivity contribution is 7.98. The molecule has 158 valence electrons. The monoisotopic (exact) mass is 443 g/mol. The summed E-state index contributed by atoms with van der Waals surface area (Å²) >= 11 is 7.72. The number of carbonyl (C=O) groups is 1. The summed E-state index contributed by atoms with van der Waals surface area (Å²) in [5, 5.41) is 12.6. The predicted octanol–water partition coefficient (Wildman–Crippen LogP) is 5.52. The van der Waals surface area contributed by atoms with Crippen molar-refractivity contribution < 1.29 is 4.79 Å². The van der Waals surface area contributed by atoms with Crippen molar-refractivity contribution in [2.45, 2.75) is 50.1 Å². The molecule has 0 fully saturated rings. The lowest BCUT2D eigenvalue weighted by atomic mass is 10.0. The van der Waals surface area contributed by atoms with Crippen molar-refractivity contribution in [2.24, 2.45) is 0 Å². The van der Waals surface area contributed by atoms with Crippen LogP contribution in [-0.2, 0) is 10.5 Å². The Morgan fingerprint density at radius 1 is 1.17 bits per heavy atom. The molecule has 1 amide bonds. The number of anilines is 2. The van der Waals surface area contributed by atoms with E-state index in [4.69, 9.17) is 17.3 Å². The number of rotatable bonds is 8. The van der Waals surface area contributed by atoms with Gasteiger partial charge in [0, 0.05) is 16.5 Å². The van der Waals surface area contributed by atoms with E-state index in [1.165, 1.54) is 11.8 Å². The topological polar surface area (TPSA) is 85.8 Å². The Labute approximate surface area is 186 Å². The lowest BCUT2D eigenvalue weighted by Crippen LogP contribution is -2.27. The molecule has 1 unspecified atom stereocenters. The zero-order chi connectivity index (χ0) is 21.7. The Morgan fingerprint density at radius 3 is 2.57 bits per heavy atom. The molecule has 0 bridgehead atoms. The van der Waals surface area contributed by atoms with Crippen LogP contribution in [0.1, 0.15) is 50.3 Å². The van der Waals surface area contributed by atoms with Crippen LogP contribution in [0.4, 0.5) is 11.6 Å². The number of amides is 1. The molecule has 0 radical (unpaired) electrons. The fourth-order valence-corrected chi connectivity index (χ4v) is 4.53. The van der Waals surface area contributed by atoms with E-state index >= 15 is 0 Å². The quantitative estimate of drug-likeness (QED) is 0.447. The van der Waals surface area contributed by atoms with Gasteiger partial charge in [0.05, 0.1) is 0 Å². The van der Waals surface area contributed by atoms with E-state index in [9.17, 15) is 4.79 Å². The van der Waals surface area contributed by atoms with Gasteiger partial charge in [0.25, 0.3) is 0 Å². The molecule has 1 atom stereocenters. The molecule has 2 aromatic carbocycles. The summed E-state index contributed by atoms with van der Waals surface area (Å²) in [5.41, 5.74) is 8.98. The number of carbonyl (C=O) groups excluding carboxylic acids is 1. The molecule has 0 spiro atoms. The van der Waals surface area contributed by atoms with Crippen molar-refractivity contribution in [2.75, 3.05) is 11.1 Å². The second kappa shape index (κ2) is 10.00. The van der Waals surface area contributed by atoms with E-state index in [-0.39, 0.29) is 11.9 Å². The largest absolute Gasteiger partial charge is 0.368 e. The van der Waals surface area contributed by atoms with E-state index in [0.717, 1.165) is 16.8 Å². The number of nitrogen functional groups attached to an aromatic ring is 1. The number of aromatic nitrogens is 3. The number of nitrogens with one attached hydrogen (secondary N) is 1. The molecule has 0 aliphatic carbocycles. The first-order valence-electron chi connectivity index (χ1n) is 9.88. The third kappa shape index (κ3) is 4.96. The lowest BCUT2D eigenvalue weighted by Gasteiger charge is -2.21. The third-order valence-corrected chi connectivity index (χ3v) is 6.21. The Balaban J connectivity index is 1.82. The van der Waals surface area contributed by atoms with Gasteiger partial charge in [-0.2, -0.15) is 0 Å². The number of thioether (sulfide) groups is 1. The number of hydrogen-bond acceptors (Lipinski definition) is 5. The summed E-state index contributed by atoms with van der Waals surface area (Å²) in [6, 6.07) is 15.0. The van der Waals surface area contributed by atoms with Crippen LogP contribution in [-0.4, -0.2) is 20.7 Å². The van der Waals surface area contributed by atoms with Crippen LogP contribution in [0.25, 0.3) is 0 Å². The van der Waals surface area contributed by atoms with Crippen LogP contribution in [0.5, 0.6) is 0 Å². The van der Waals surface area contributed by atoms with Crippen molar-refractivity contribution in [1.82, 2.24) is 14.8 Å². The Hall–Kier alpha value is -2.51. The maximum atomic E-state index is 13.2. The van der Waals surface area contributed by atoms with Gasteiger partial charge in [0.1, 0.15) is 6.04 Å². The summed E-state index contributed by atoms with van der Waals surface area (Å²) in [4.78, 5) is 13.2. The van der Waals surface area contributed by atoms with E-state index < -0.39 is 6.04 Å². The van der Waals surface area contributed by atoms with Crippen molar-refractivity contribution in [1.29, 1.82) is 0 Å². The second-order valence-corrected chi connectivity index (χ2v) is 8.60. The number of nitrogens with zero attached hydrogens (tertiary/aromatic N) is 3. The Kier molecular flexibility index (Phi) is 7.39. The number of hydrogen-bond donors (Lipinski definition) is 2. The van der Waals surface area contributed by atoms with Crippen LogP contribution < -0.4 is 11.1 Å². The van der Waals surface area contributed by atoms with Crippen molar-refractivity contribution in [3.63, 3.8) is 0 Å². The Morgan fingerprint density at radius 2 is 1.87 bits per heavy atom. The third-order valence-electron chi connectivity index (χ3n) is 4.85. The smallest absolute Gasteiger partial charge is 0.247 e. The van der Waals surface area contributed by atoms with E-state index in [1.54, 1.807) is 4.57 Å². The normalized spacial score (nSPS) is 12.2. The average Bonchev–Trinajstić information content (AvgIpc) is 3.08. The van der Waals surface area contributed by atoms with Gasteiger partial charge < -0.3 is 11.1 Å². The van der Waals surface area contributed by atoms with Gasteiger partial charge in [-0.1, -0.05) is 80.5 Å². The van der Waals surface area contributed by atoms with E-state index in [2.05, 4.69) is 29.4 Å². The van der Waals surface area contributed by atoms with Crippen LogP contribution in [0.2, 0.25) is 5.02 Å². The molecular weight excluding hydrogens is 418 g/mol. The molecule has 0 aliphatic rings. The maximum absolute atomic E-state index is 13.2. The highest BCUT2D eigenvalue weighted by Crippen LogP contribution is 2.31. The second-order valence-electron chi connectivity index (χ2n) is 7.25. The molecule has 0 saturated carbocycles. The fraction of sp³-hybridized carbons (Fsp3) is 0.318. The van der Waals surface area contributed by atoms with E-state index in [1.807, 2.05) is 55.5 Å². The zero-order valence-corrected chi connectivity index (χ0v) is 18.9. The van der Waals surface area contributed by atoms with Crippen molar-refractivity contribution >= 4 is 40.9 Å². The highest BCUT2D eigenvalue weighted by atomic mass is 35.5. The molecule has 0 aliphatic heterocycles. The molecule has 30 heavy (non-hydrogen) atoms. The summed E-state index contributed by atoms with van der Waals surface area (Å²) < 4.78 is 1.70. The van der Waals surface area contributed by atoms with Crippen molar-refractivity contribution in [3.05, 3.63) is 64.7 Å². The minimum Gasteiger partial charge on any atom is -0.368 e. The van der Waals surface area contributed by atoms with Gasteiger partial charge >= 0.3 is 0 Å². The first-order valence-corrected chi connectivity index (χ1v) is 11.2. The molecular formula is C22H26ClN5OS. The number of benzene rings is 2. The molecule has 1 aromatic heterocycles. The Bertz CT molecular complexity index is 1020. The summed E-state index contributed by atoms with van der Waals surface area (Å²) in [7, 11) is 0. The van der Waals surface area contributed by atoms with Gasteiger partial charge in [-0.15, -0.1) is 10.2 Å². The minimum absolute atomic E-state index is 0.142. The molecule has 1 heterocycles. The van der Waals surface area contributed by atoms with Crippen molar-refractivity contribution in [3.8, 4) is 0 Å². The summed E-state index contributed by atoms with van der Waals surface area (Å²) in [5.74, 6) is 0.974. The SMILES string of the molecule is CCC(C(=O)Nc1ccccc1C(C)C)n1c(N)nnc1SCc1ccccc1Cl. The van der Waals surface area contributed by atoms with Crippen LogP contribution in [0, 0.1) is 0 Å². The first kappa shape index (κ1) is 22.2. The van der Waals surface area contributed by atoms with Gasteiger partial charge in [-0.05, 0) is 35.6 Å². The molecule has 3 aromatic rings. The predicted molar refractivity (Wildman–Crippen MR) is 124 cm³/mol. The molecule has 3 N–H and O–H groups in total. The minimum atomic E-state index is -0.519.